The second kappa shape index (κ2) is 9.02. The largest absolute Gasteiger partial charge is 0.473 e. The Morgan fingerprint density at radius 2 is 2.11 bits per heavy atom. The third kappa shape index (κ3) is 3.69. The van der Waals surface area contributed by atoms with Crippen molar-refractivity contribution < 1.29 is 9.26 Å². The van der Waals surface area contributed by atoms with E-state index < -0.39 is 0 Å². The standard InChI is InChI=1S/C26H29ClN6O2S/c1-14(17-7-5-11-33(17)2)34-20-12-19(27)30-25(31-20)22-15-6-3-9-26(23(15)35-32-22)10-4-8-18-21(26)16(13-28)24(29)36-18/h12,14,17H,3-11,29H2,1-2H3/t14-,17-,26-/m0/s1. The van der Waals surface area contributed by atoms with Crippen LogP contribution in [0, 0.1) is 11.3 Å². The monoisotopic (exact) mass is 524 g/mol. The number of likely N-dealkylation sites (N-methyl/N-ethyl adjacent to an activating group) is 1. The summed E-state index contributed by atoms with van der Waals surface area (Å²) in [6, 6.07) is 4.37. The van der Waals surface area contributed by atoms with Gasteiger partial charge in [0.25, 0.3) is 0 Å². The Kier molecular flexibility index (Phi) is 5.94. The number of fused-ring (bicyclic) bond motifs is 4. The van der Waals surface area contributed by atoms with Gasteiger partial charge in [0.15, 0.2) is 17.3 Å². The molecular weight excluding hydrogens is 496 g/mol. The van der Waals surface area contributed by atoms with Crippen molar-refractivity contribution in [1.82, 2.24) is 20.0 Å². The number of halogens is 1. The summed E-state index contributed by atoms with van der Waals surface area (Å²) in [6.07, 6.45) is 7.78. The van der Waals surface area contributed by atoms with Gasteiger partial charge in [-0.2, -0.15) is 10.2 Å². The summed E-state index contributed by atoms with van der Waals surface area (Å²) in [5.74, 6) is 1.68. The van der Waals surface area contributed by atoms with Gasteiger partial charge in [0.1, 0.15) is 22.3 Å². The summed E-state index contributed by atoms with van der Waals surface area (Å²) in [4.78, 5) is 12.7. The van der Waals surface area contributed by atoms with Crippen molar-refractivity contribution in [3.8, 4) is 23.5 Å². The number of likely N-dealkylation sites (tertiary alicyclic amines) is 1. The van der Waals surface area contributed by atoms with E-state index in [1.54, 1.807) is 6.07 Å². The van der Waals surface area contributed by atoms with Gasteiger partial charge in [0.05, 0.1) is 11.0 Å². The van der Waals surface area contributed by atoms with Gasteiger partial charge < -0.3 is 15.0 Å². The first-order valence-corrected chi connectivity index (χ1v) is 13.8. The number of hydrogen-bond donors (Lipinski definition) is 1. The lowest BCUT2D eigenvalue weighted by molar-refractivity contribution is 0.117. The number of rotatable bonds is 4. The molecule has 1 spiro atoms. The number of nitriles is 1. The molecule has 0 amide bonds. The molecule has 0 saturated carbocycles. The van der Waals surface area contributed by atoms with Crippen LogP contribution >= 0.6 is 22.9 Å². The molecule has 4 heterocycles. The molecule has 3 aromatic heterocycles. The molecule has 3 aromatic rings. The fourth-order valence-corrected chi connectivity index (χ4v) is 7.91. The predicted octanol–water partition coefficient (Wildman–Crippen LogP) is 5.12. The molecule has 2 N–H and O–H groups in total. The van der Waals surface area contributed by atoms with Crippen LogP contribution in [0.4, 0.5) is 5.00 Å². The van der Waals surface area contributed by atoms with Gasteiger partial charge in [-0.3, -0.25) is 4.90 Å². The molecule has 6 rings (SSSR count). The minimum absolute atomic E-state index is 0.0278. The number of ether oxygens (including phenoxy) is 1. The normalized spacial score (nSPS) is 24.3. The Bertz CT molecular complexity index is 1360. The quantitative estimate of drug-likeness (QED) is 0.468. The Morgan fingerprint density at radius 1 is 1.31 bits per heavy atom. The molecule has 1 saturated heterocycles. The molecule has 8 nitrogen and oxygen atoms in total. The number of anilines is 1. The summed E-state index contributed by atoms with van der Waals surface area (Å²) in [5.41, 5.74) is 9.13. The summed E-state index contributed by atoms with van der Waals surface area (Å²) < 4.78 is 12.3. The summed E-state index contributed by atoms with van der Waals surface area (Å²) in [6.45, 7) is 3.15. The van der Waals surface area contributed by atoms with Gasteiger partial charge in [-0.25, -0.2) is 4.98 Å². The van der Waals surface area contributed by atoms with Gasteiger partial charge >= 0.3 is 0 Å². The van der Waals surface area contributed by atoms with E-state index >= 15 is 0 Å². The molecule has 1 aliphatic heterocycles. The van der Waals surface area contributed by atoms with Crippen LogP contribution in [0.25, 0.3) is 11.5 Å². The van der Waals surface area contributed by atoms with Crippen molar-refractivity contribution in [2.75, 3.05) is 19.3 Å². The van der Waals surface area contributed by atoms with Crippen LogP contribution in [0.2, 0.25) is 5.15 Å². The van der Waals surface area contributed by atoms with Gasteiger partial charge in [-0.05, 0) is 77.4 Å². The summed E-state index contributed by atoms with van der Waals surface area (Å²) >= 11 is 7.96. The second-order valence-electron chi connectivity index (χ2n) is 10.2. The van der Waals surface area contributed by atoms with E-state index in [1.165, 1.54) is 22.6 Å². The lowest BCUT2D eigenvalue weighted by Crippen LogP contribution is -2.38. The minimum Gasteiger partial charge on any atom is -0.473 e. The molecule has 0 bridgehead atoms. The maximum atomic E-state index is 9.92. The number of nitrogens with two attached hydrogens (primary N) is 1. The van der Waals surface area contributed by atoms with E-state index in [0.717, 1.165) is 68.4 Å². The number of nitrogen functional groups attached to an aromatic ring is 1. The molecule has 188 valence electrons. The molecule has 0 aromatic carbocycles. The third-order valence-corrected chi connectivity index (χ3v) is 9.44. The van der Waals surface area contributed by atoms with Crippen LogP contribution in [0.3, 0.4) is 0 Å². The van der Waals surface area contributed by atoms with Crippen LogP contribution in [-0.2, 0) is 18.3 Å². The van der Waals surface area contributed by atoms with Gasteiger partial charge in [-0.15, -0.1) is 11.3 Å². The maximum Gasteiger partial charge on any atom is 0.218 e. The Hall–Kier alpha value is -2.67. The van der Waals surface area contributed by atoms with Crippen molar-refractivity contribution in [2.24, 2.45) is 0 Å². The van der Waals surface area contributed by atoms with Gasteiger partial charge in [-0.1, -0.05) is 16.8 Å². The van der Waals surface area contributed by atoms with E-state index in [4.69, 9.17) is 31.6 Å². The molecule has 10 heteroatoms. The Labute approximate surface area is 219 Å². The number of aryl methyl sites for hydroxylation is 1. The van der Waals surface area contributed by atoms with E-state index in [-0.39, 0.29) is 11.5 Å². The third-order valence-electron chi connectivity index (χ3n) is 8.17. The number of thiophene rings is 1. The minimum atomic E-state index is -0.384. The highest BCUT2D eigenvalue weighted by Gasteiger charge is 2.48. The fourth-order valence-electron chi connectivity index (χ4n) is 6.58. The highest BCUT2D eigenvalue weighted by atomic mass is 35.5. The van der Waals surface area contributed by atoms with E-state index in [1.807, 2.05) is 0 Å². The molecule has 2 aliphatic carbocycles. The molecule has 0 unspecified atom stereocenters. The second-order valence-corrected chi connectivity index (χ2v) is 11.8. The first kappa shape index (κ1) is 23.7. The number of nitrogens with zero attached hydrogens (tertiary/aromatic N) is 5. The van der Waals surface area contributed by atoms with Crippen LogP contribution in [0.15, 0.2) is 10.6 Å². The zero-order valence-corrected chi connectivity index (χ0v) is 22.1. The van der Waals surface area contributed by atoms with Crippen molar-refractivity contribution >= 4 is 27.9 Å². The fraction of sp³-hybridized carbons (Fsp3) is 0.538. The average molecular weight is 525 g/mol. The average Bonchev–Trinajstić information content (AvgIpc) is 3.56. The molecule has 3 aliphatic rings. The van der Waals surface area contributed by atoms with Gasteiger partial charge in [0.2, 0.25) is 5.88 Å². The highest BCUT2D eigenvalue weighted by Crippen LogP contribution is 2.55. The van der Waals surface area contributed by atoms with Crippen LogP contribution in [0.1, 0.15) is 72.8 Å². The SMILES string of the molecule is C[C@H](Oc1cc(Cl)nc(-c2noc3c2CCC[C@@]32CCCc3sc(N)c(C#N)c32)n1)[C@@H]1CCCN1C. The smallest absolute Gasteiger partial charge is 0.218 e. The topological polar surface area (TPSA) is 114 Å². The zero-order valence-electron chi connectivity index (χ0n) is 20.5. The predicted molar refractivity (Wildman–Crippen MR) is 138 cm³/mol. The van der Waals surface area contributed by atoms with Gasteiger partial charge in [0, 0.05) is 22.5 Å². The molecule has 3 atom stereocenters. The highest BCUT2D eigenvalue weighted by molar-refractivity contribution is 7.16. The summed E-state index contributed by atoms with van der Waals surface area (Å²) in [7, 11) is 2.13. The van der Waals surface area contributed by atoms with E-state index in [2.05, 4.69) is 35.1 Å². The van der Waals surface area contributed by atoms with Crippen LogP contribution < -0.4 is 10.5 Å². The molecule has 1 fully saturated rings. The first-order chi connectivity index (χ1) is 17.4. The zero-order chi connectivity index (χ0) is 25.0. The van der Waals surface area contributed by atoms with Crippen molar-refractivity contribution in [3.05, 3.63) is 38.5 Å². The number of aromatic nitrogens is 3. The Morgan fingerprint density at radius 3 is 2.86 bits per heavy atom. The molecular formula is C26H29ClN6O2S. The van der Waals surface area contributed by atoms with Crippen molar-refractivity contribution in [2.45, 2.75) is 75.9 Å². The van der Waals surface area contributed by atoms with Crippen LogP contribution in [-0.4, -0.2) is 45.8 Å². The molecule has 0 radical (unpaired) electrons. The van der Waals surface area contributed by atoms with Crippen LogP contribution in [0.5, 0.6) is 5.88 Å². The first-order valence-electron chi connectivity index (χ1n) is 12.6. The molecule has 36 heavy (non-hydrogen) atoms. The Balaban J connectivity index is 1.39. The lowest BCUT2D eigenvalue weighted by atomic mass is 9.63. The van der Waals surface area contributed by atoms with E-state index in [0.29, 0.717) is 39.2 Å². The van der Waals surface area contributed by atoms with E-state index in [9.17, 15) is 5.26 Å². The number of hydrogen-bond acceptors (Lipinski definition) is 9. The van der Waals surface area contributed by atoms with Crippen molar-refractivity contribution in [1.29, 1.82) is 5.26 Å². The maximum absolute atomic E-state index is 9.92. The lowest BCUT2D eigenvalue weighted by Gasteiger charge is -2.39. The summed E-state index contributed by atoms with van der Waals surface area (Å²) in [5, 5.41) is 15.3. The van der Waals surface area contributed by atoms with Crippen molar-refractivity contribution in [3.63, 3.8) is 0 Å².